The van der Waals surface area contributed by atoms with Crippen LogP contribution in [0.3, 0.4) is 0 Å². The molecule has 0 radical (unpaired) electrons. The minimum Gasteiger partial charge on any atom is -0.394 e. The number of methoxy groups -OCH3 is 1. The Bertz CT molecular complexity index is 558. The number of anilines is 2. The number of aliphatic hydroxyl groups is 1. The number of imidazole rings is 1. The fourth-order valence-electron chi connectivity index (χ4n) is 1.68. The van der Waals surface area contributed by atoms with Crippen LogP contribution in [0.5, 0.6) is 0 Å². The first kappa shape index (κ1) is 14.4. The largest absolute Gasteiger partial charge is 0.394 e. The monoisotopic (exact) mass is 282 g/mol. The van der Waals surface area contributed by atoms with Gasteiger partial charge in [-0.25, -0.2) is 4.98 Å². The van der Waals surface area contributed by atoms with Crippen molar-refractivity contribution in [2.75, 3.05) is 44.5 Å². The Hall–Kier alpha value is -1.97. The molecule has 0 unspecified atom stereocenters. The molecule has 0 saturated carbocycles. The first-order chi connectivity index (χ1) is 9.76. The van der Waals surface area contributed by atoms with Gasteiger partial charge in [0.25, 0.3) is 0 Å². The smallest absolute Gasteiger partial charge is 0.224 e. The molecular formula is C11H18N6O3. The first-order valence-electron chi connectivity index (χ1n) is 6.16. The Balaban J connectivity index is 2.21. The molecule has 0 spiro atoms. The predicted molar refractivity (Wildman–Crippen MR) is 73.1 cm³/mol. The van der Waals surface area contributed by atoms with Crippen molar-refractivity contribution in [3.05, 3.63) is 6.33 Å². The highest BCUT2D eigenvalue weighted by Crippen LogP contribution is 2.19. The van der Waals surface area contributed by atoms with E-state index in [2.05, 4.69) is 20.3 Å². The van der Waals surface area contributed by atoms with Gasteiger partial charge in [-0.1, -0.05) is 0 Å². The average molecular weight is 282 g/mol. The molecule has 2 rings (SSSR count). The number of fused-ring (bicyclic) bond motifs is 1. The standard InChI is InChI=1S/C11H18N6O3/c1-19-4-2-13-9-8-10(16-11(12)15-9)17(6-14-8)7-20-5-3-18/h6,18H,2-5,7H2,1H3,(H3,12,13,15,16). The summed E-state index contributed by atoms with van der Waals surface area (Å²) in [6.45, 7) is 1.60. The van der Waals surface area contributed by atoms with E-state index in [-0.39, 0.29) is 25.9 Å². The van der Waals surface area contributed by atoms with Crippen LogP contribution in [0.4, 0.5) is 11.8 Å². The maximum Gasteiger partial charge on any atom is 0.224 e. The summed E-state index contributed by atoms with van der Waals surface area (Å²) < 4.78 is 11.9. The SMILES string of the molecule is COCCNc1nc(N)nc2c1ncn2COCCO. The highest BCUT2D eigenvalue weighted by Gasteiger charge is 2.11. The van der Waals surface area contributed by atoms with Gasteiger partial charge in [-0.15, -0.1) is 0 Å². The Labute approximate surface area is 115 Å². The van der Waals surface area contributed by atoms with E-state index in [1.54, 1.807) is 18.0 Å². The molecule has 2 aromatic rings. The number of hydrogen-bond acceptors (Lipinski definition) is 8. The molecule has 2 aromatic heterocycles. The molecule has 0 aliphatic carbocycles. The van der Waals surface area contributed by atoms with Crippen molar-refractivity contribution in [2.24, 2.45) is 0 Å². The number of ether oxygens (including phenoxy) is 2. The summed E-state index contributed by atoms with van der Waals surface area (Å²) in [7, 11) is 1.62. The van der Waals surface area contributed by atoms with Crippen molar-refractivity contribution >= 4 is 22.9 Å². The number of nitrogens with zero attached hydrogens (tertiary/aromatic N) is 4. The summed E-state index contributed by atoms with van der Waals surface area (Å²) in [6.07, 6.45) is 1.59. The Kier molecular flexibility index (Phi) is 5.04. The topological polar surface area (TPSA) is 120 Å². The number of rotatable bonds is 8. The summed E-state index contributed by atoms with van der Waals surface area (Å²) in [4.78, 5) is 12.5. The van der Waals surface area contributed by atoms with Gasteiger partial charge >= 0.3 is 0 Å². The lowest BCUT2D eigenvalue weighted by Crippen LogP contribution is -2.11. The van der Waals surface area contributed by atoms with Gasteiger partial charge in [-0.05, 0) is 0 Å². The van der Waals surface area contributed by atoms with Crippen molar-refractivity contribution in [1.82, 2.24) is 19.5 Å². The molecular weight excluding hydrogens is 264 g/mol. The van der Waals surface area contributed by atoms with Crippen LogP contribution in [-0.4, -0.2) is 58.1 Å². The minimum atomic E-state index is -0.0342. The lowest BCUT2D eigenvalue weighted by Gasteiger charge is -2.07. The third-order valence-corrected chi connectivity index (χ3v) is 2.55. The molecule has 9 heteroatoms. The van der Waals surface area contributed by atoms with Crippen molar-refractivity contribution < 1.29 is 14.6 Å². The molecule has 2 heterocycles. The third kappa shape index (κ3) is 3.32. The lowest BCUT2D eigenvalue weighted by atomic mass is 10.4. The second-order valence-electron chi connectivity index (χ2n) is 4.00. The van der Waals surface area contributed by atoms with Gasteiger partial charge in [0.05, 0.1) is 26.1 Å². The summed E-state index contributed by atoms with van der Waals surface area (Å²) >= 11 is 0. The summed E-state index contributed by atoms with van der Waals surface area (Å²) in [5.41, 5.74) is 6.89. The molecule has 0 aliphatic heterocycles. The van der Waals surface area contributed by atoms with E-state index in [4.69, 9.17) is 20.3 Å². The van der Waals surface area contributed by atoms with Crippen molar-refractivity contribution in [2.45, 2.75) is 6.73 Å². The van der Waals surface area contributed by atoms with Crippen LogP contribution < -0.4 is 11.1 Å². The fraction of sp³-hybridized carbons (Fsp3) is 0.545. The highest BCUT2D eigenvalue weighted by atomic mass is 16.5. The number of nitrogens with one attached hydrogen (secondary N) is 1. The van der Waals surface area contributed by atoms with Crippen LogP contribution in [0.15, 0.2) is 6.33 Å². The molecule has 0 aliphatic rings. The fourth-order valence-corrected chi connectivity index (χ4v) is 1.68. The maximum absolute atomic E-state index is 8.70. The zero-order chi connectivity index (χ0) is 14.4. The molecule has 4 N–H and O–H groups in total. The van der Waals surface area contributed by atoms with E-state index in [0.29, 0.717) is 30.1 Å². The molecule has 0 aromatic carbocycles. The zero-order valence-corrected chi connectivity index (χ0v) is 11.2. The van der Waals surface area contributed by atoms with Gasteiger partial charge in [0.15, 0.2) is 17.0 Å². The van der Waals surface area contributed by atoms with Crippen molar-refractivity contribution in [3.8, 4) is 0 Å². The van der Waals surface area contributed by atoms with Gasteiger partial charge in [0.2, 0.25) is 5.95 Å². The van der Waals surface area contributed by atoms with Crippen LogP contribution >= 0.6 is 0 Å². The van der Waals surface area contributed by atoms with E-state index in [1.165, 1.54) is 0 Å². The normalized spacial score (nSPS) is 11.1. The van der Waals surface area contributed by atoms with Crippen LogP contribution in [0.25, 0.3) is 11.2 Å². The second-order valence-corrected chi connectivity index (χ2v) is 4.00. The van der Waals surface area contributed by atoms with Crippen LogP contribution in [0.2, 0.25) is 0 Å². The number of aromatic nitrogens is 4. The molecule has 0 amide bonds. The number of hydrogen-bond donors (Lipinski definition) is 3. The van der Waals surface area contributed by atoms with Gasteiger partial charge in [-0.2, -0.15) is 9.97 Å². The van der Waals surface area contributed by atoms with E-state index in [9.17, 15) is 0 Å². The molecule has 0 atom stereocenters. The zero-order valence-electron chi connectivity index (χ0n) is 11.2. The number of nitrogen functional groups attached to an aromatic ring is 1. The highest BCUT2D eigenvalue weighted by molar-refractivity contribution is 5.84. The molecule has 0 saturated heterocycles. The average Bonchev–Trinajstić information content (AvgIpc) is 2.82. The second kappa shape index (κ2) is 6.98. The van der Waals surface area contributed by atoms with E-state index >= 15 is 0 Å². The third-order valence-electron chi connectivity index (χ3n) is 2.55. The van der Waals surface area contributed by atoms with Gasteiger partial charge in [0, 0.05) is 13.7 Å². The van der Waals surface area contributed by atoms with E-state index < -0.39 is 0 Å². The summed E-state index contributed by atoms with van der Waals surface area (Å²) in [5.74, 6) is 0.715. The van der Waals surface area contributed by atoms with Gasteiger partial charge < -0.3 is 25.6 Å². The van der Waals surface area contributed by atoms with Crippen LogP contribution in [-0.2, 0) is 16.2 Å². The Morgan fingerprint density at radius 3 is 3.00 bits per heavy atom. The van der Waals surface area contributed by atoms with Gasteiger partial charge in [0.1, 0.15) is 6.73 Å². The molecule has 110 valence electrons. The minimum absolute atomic E-state index is 0.0342. The quantitative estimate of drug-likeness (QED) is 0.551. The summed E-state index contributed by atoms with van der Waals surface area (Å²) in [5, 5.41) is 11.8. The predicted octanol–water partition coefficient (Wildman–Crippen LogP) is -0.567. The van der Waals surface area contributed by atoms with Gasteiger partial charge in [-0.3, -0.25) is 4.57 Å². The van der Waals surface area contributed by atoms with Crippen molar-refractivity contribution in [3.63, 3.8) is 0 Å². The molecule has 0 fully saturated rings. The number of nitrogens with two attached hydrogens (primary N) is 1. The van der Waals surface area contributed by atoms with Crippen LogP contribution in [0, 0.1) is 0 Å². The van der Waals surface area contributed by atoms with E-state index in [1.807, 2.05) is 0 Å². The molecule has 0 bridgehead atoms. The van der Waals surface area contributed by atoms with Crippen molar-refractivity contribution in [1.29, 1.82) is 0 Å². The lowest BCUT2D eigenvalue weighted by molar-refractivity contribution is 0.0499. The maximum atomic E-state index is 8.70. The molecule has 9 nitrogen and oxygen atoms in total. The van der Waals surface area contributed by atoms with Crippen LogP contribution in [0.1, 0.15) is 0 Å². The molecule has 20 heavy (non-hydrogen) atoms. The van der Waals surface area contributed by atoms with E-state index in [0.717, 1.165) is 0 Å². The Morgan fingerprint density at radius 1 is 1.40 bits per heavy atom. The first-order valence-corrected chi connectivity index (χ1v) is 6.16. The Morgan fingerprint density at radius 2 is 2.25 bits per heavy atom. The summed E-state index contributed by atoms with van der Waals surface area (Å²) in [6, 6.07) is 0. The number of aliphatic hydroxyl groups excluding tert-OH is 1.